The Morgan fingerprint density at radius 3 is 2.50 bits per heavy atom. The number of rotatable bonds is 5. The van der Waals surface area contributed by atoms with E-state index in [-0.39, 0.29) is 27.5 Å². The van der Waals surface area contributed by atoms with Gasteiger partial charge in [-0.15, -0.1) is 0 Å². The van der Waals surface area contributed by atoms with Gasteiger partial charge in [-0.3, -0.25) is 25.0 Å². The Hall–Kier alpha value is -3.33. The fraction of sp³-hybridized carbons (Fsp3) is 0. The van der Waals surface area contributed by atoms with Crippen molar-refractivity contribution < 1.29 is 14.6 Å². The molecule has 2 rings (SSSR count). The molecule has 0 aliphatic heterocycles. The van der Waals surface area contributed by atoms with E-state index in [4.69, 9.17) is 11.6 Å². The van der Waals surface area contributed by atoms with E-state index in [2.05, 4.69) is 10.5 Å². The van der Waals surface area contributed by atoms with Crippen LogP contribution in [0.4, 0.5) is 11.4 Å². The summed E-state index contributed by atoms with van der Waals surface area (Å²) in [6.45, 7) is 0. The predicted molar refractivity (Wildman–Crippen MR) is 86.3 cm³/mol. The maximum Gasteiger partial charge on any atom is 0.282 e. The Kier molecular flexibility index (Phi) is 5.17. The van der Waals surface area contributed by atoms with Crippen molar-refractivity contribution in [3.05, 3.63) is 78.8 Å². The van der Waals surface area contributed by atoms with Crippen LogP contribution in [0.5, 0.6) is 0 Å². The summed E-state index contributed by atoms with van der Waals surface area (Å²) < 4.78 is 0. The summed E-state index contributed by atoms with van der Waals surface area (Å²) >= 11 is 5.88. The van der Waals surface area contributed by atoms with Crippen LogP contribution in [0.3, 0.4) is 0 Å². The molecule has 0 saturated heterocycles. The molecule has 2 aromatic rings. The van der Waals surface area contributed by atoms with Crippen molar-refractivity contribution in [2.75, 3.05) is 0 Å². The molecule has 0 bridgehead atoms. The van der Waals surface area contributed by atoms with Crippen LogP contribution in [0, 0.1) is 20.2 Å². The fourth-order valence-electron chi connectivity index (χ4n) is 1.79. The number of hydrogen-bond donors (Lipinski definition) is 1. The number of benzene rings is 2. The molecule has 24 heavy (non-hydrogen) atoms. The summed E-state index contributed by atoms with van der Waals surface area (Å²) in [6, 6.07) is 9.11. The smallest absolute Gasteiger partial charge is 0.267 e. The summed E-state index contributed by atoms with van der Waals surface area (Å²) in [6.07, 6.45) is 1.11. The van der Waals surface area contributed by atoms with Crippen molar-refractivity contribution in [2.45, 2.75) is 0 Å². The molecule has 9 nitrogen and oxygen atoms in total. The Balaban J connectivity index is 2.18. The van der Waals surface area contributed by atoms with Crippen molar-refractivity contribution in [1.82, 2.24) is 5.43 Å². The molecule has 0 aliphatic carbocycles. The van der Waals surface area contributed by atoms with Gasteiger partial charge in [0.25, 0.3) is 17.3 Å². The number of carbonyl (C=O) groups excluding carboxylic acids is 1. The van der Waals surface area contributed by atoms with Crippen LogP contribution in [0.1, 0.15) is 15.9 Å². The monoisotopic (exact) mass is 348 g/mol. The number of hydrogen-bond acceptors (Lipinski definition) is 6. The SMILES string of the molecule is O=C(N/N=C\c1cc([N+](=O)[O-])ccc1Cl)c1ccccc1[N+](=O)[O-]. The van der Waals surface area contributed by atoms with Gasteiger partial charge in [0, 0.05) is 28.8 Å². The van der Waals surface area contributed by atoms with Gasteiger partial charge in [0.15, 0.2) is 0 Å². The van der Waals surface area contributed by atoms with Crippen LogP contribution in [0.2, 0.25) is 5.02 Å². The summed E-state index contributed by atoms with van der Waals surface area (Å²) in [5, 5.41) is 25.4. The van der Waals surface area contributed by atoms with Crippen molar-refractivity contribution in [1.29, 1.82) is 0 Å². The van der Waals surface area contributed by atoms with Crippen LogP contribution in [0.15, 0.2) is 47.6 Å². The van der Waals surface area contributed by atoms with E-state index in [0.29, 0.717) is 0 Å². The summed E-state index contributed by atoms with van der Waals surface area (Å²) in [7, 11) is 0. The lowest BCUT2D eigenvalue weighted by Crippen LogP contribution is -2.19. The minimum Gasteiger partial charge on any atom is -0.267 e. The van der Waals surface area contributed by atoms with Crippen molar-refractivity contribution in [3.8, 4) is 0 Å². The molecule has 10 heteroatoms. The number of nitro benzene ring substituents is 2. The Morgan fingerprint density at radius 2 is 1.83 bits per heavy atom. The van der Waals surface area contributed by atoms with E-state index in [1.54, 1.807) is 0 Å². The van der Waals surface area contributed by atoms with Crippen molar-refractivity contribution in [2.24, 2.45) is 5.10 Å². The van der Waals surface area contributed by atoms with Crippen LogP contribution >= 0.6 is 11.6 Å². The number of para-hydroxylation sites is 1. The highest BCUT2D eigenvalue weighted by molar-refractivity contribution is 6.33. The van der Waals surface area contributed by atoms with Gasteiger partial charge in [-0.1, -0.05) is 23.7 Å². The quantitative estimate of drug-likeness (QED) is 0.504. The molecule has 0 saturated carbocycles. The predicted octanol–water partition coefficient (Wildman–Crippen LogP) is 2.92. The van der Waals surface area contributed by atoms with E-state index in [1.165, 1.54) is 42.5 Å². The highest BCUT2D eigenvalue weighted by Crippen LogP contribution is 2.20. The van der Waals surface area contributed by atoms with E-state index in [1.807, 2.05) is 0 Å². The van der Waals surface area contributed by atoms with Crippen LogP contribution in [-0.2, 0) is 0 Å². The van der Waals surface area contributed by atoms with Crippen LogP contribution < -0.4 is 5.43 Å². The molecule has 0 fully saturated rings. The number of nitro groups is 2. The Labute approximate surface area is 139 Å². The van der Waals surface area contributed by atoms with Gasteiger partial charge < -0.3 is 0 Å². The molecular formula is C14H9ClN4O5. The first-order valence-electron chi connectivity index (χ1n) is 6.41. The lowest BCUT2D eigenvalue weighted by Gasteiger charge is -2.01. The maximum absolute atomic E-state index is 11.9. The zero-order valence-electron chi connectivity index (χ0n) is 11.9. The fourth-order valence-corrected chi connectivity index (χ4v) is 1.96. The molecule has 1 N–H and O–H groups in total. The number of carbonyl (C=O) groups is 1. The van der Waals surface area contributed by atoms with Gasteiger partial charge in [0.2, 0.25) is 0 Å². The first-order valence-corrected chi connectivity index (χ1v) is 6.78. The summed E-state index contributed by atoms with van der Waals surface area (Å²) in [5.74, 6) is -0.792. The number of non-ortho nitro benzene ring substituents is 1. The second kappa shape index (κ2) is 7.29. The Morgan fingerprint density at radius 1 is 1.12 bits per heavy atom. The average Bonchev–Trinajstić information content (AvgIpc) is 2.56. The molecule has 0 aliphatic rings. The molecule has 122 valence electrons. The van der Waals surface area contributed by atoms with Gasteiger partial charge in [-0.2, -0.15) is 5.10 Å². The third-order valence-electron chi connectivity index (χ3n) is 2.91. The normalized spacial score (nSPS) is 10.5. The van der Waals surface area contributed by atoms with Gasteiger partial charge >= 0.3 is 0 Å². The molecule has 0 aromatic heterocycles. The van der Waals surface area contributed by atoms with Crippen LogP contribution in [-0.4, -0.2) is 22.0 Å². The molecule has 1 amide bonds. The minimum absolute atomic E-state index is 0.162. The van der Waals surface area contributed by atoms with E-state index >= 15 is 0 Å². The molecule has 0 unspecified atom stereocenters. The standard InChI is InChI=1S/C14H9ClN4O5/c15-12-6-5-10(18(21)22)7-9(12)8-16-17-14(20)11-3-1-2-4-13(11)19(23)24/h1-8H,(H,17,20)/b16-8-. The molecule has 0 radical (unpaired) electrons. The lowest BCUT2D eigenvalue weighted by molar-refractivity contribution is -0.385. The second-order valence-electron chi connectivity index (χ2n) is 4.44. The number of halogens is 1. The van der Waals surface area contributed by atoms with Gasteiger partial charge in [0.05, 0.1) is 16.1 Å². The summed E-state index contributed by atoms with van der Waals surface area (Å²) in [4.78, 5) is 32.3. The summed E-state index contributed by atoms with van der Waals surface area (Å²) in [5.41, 5.74) is 1.62. The first-order chi connectivity index (χ1) is 11.4. The van der Waals surface area contributed by atoms with Crippen molar-refractivity contribution >= 4 is 35.1 Å². The highest BCUT2D eigenvalue weighted by atomic mass is 35.5. The van der Waals surface area contributed by atoms with Gasteiger partial charge in [-0.25, -0.2) is 5.43 Å². The Bertz CT molecular complexity index is 853. The zero-order valence-corrected chi connectivity index (χ0v) is 12.6. The zero-order chi connectivity index (χ0) is 17.7. The third kappa shape index (κ3) is 3.90. The molecule has 2 aromatic carbocycles. The maximum atomic E-state index is 11.9. The average molecular weight is 349 g/mol. The van der Waals surface area contributed by atoms with Gasteiger partial charge in [0.1, 0.15) is 5.56 Å². The second-order valence-corrected chi connectivity index (χ2v) is 4.84. The topological polar surface area (TPSA) is 128 Å². The molecule has 0 heterocycles. The largest absolute Gasteiger partial charge is 0.282 e. The number of hydrazone groups is 1. The first kappa shape index (κ1) is 17.0. The van der Waals surface area contributed by atoms with Crippen molar-refractivity contribution in [3.63, 3.8) is 0 Å². The number of nitrogens with zero attached hydrogens (tertiary/aromatic N) is 3. The van der Waals surface area contributed by atoms with E-state index in [9.17, 15) is 25.0 Å². The molecule has 0 atom stereocenters. The van der Waals surface area contributed by atoms with E-state index < -0.39 is 15.8 Å². The molecule has 0 spiro atoms. The molecular weight excluding hydrogens is 340 g/mol. The van der Waals surface area contributed by atoms with Crippen LogP contribution in [0.25, 0.3) is 0 Å². The minimum atomic E-state index is -0.792. The van der Waals surface area contributed by atoms with Gasteiger partial charge in [-0.05, 0) is 12.1 Å². The van der Waals surface area contributed by atoms with E-state index in [0.717, 1.165) is 6.21 Å². The third-order valence-corrected chi connectivity index (χ3v) is 3.25. The number of nitrogens with one attached hydrogen (secondary N) is 1. The highest BCUT2D eigenvalue weighted by Gasteiger charge is 2.18. The lowest BCUT2D eigenvalue weighted by atomic mass is 10.2. The number of amides is 1.